The number of halogens is 2. The Balaban J connectivity index is 1.46. The van der Waals surface area contributed by atoms with E-state index < -0.39 is 12.0 Å². The number of hydrogen-bond donors (Lipinski definition) is 0. The van der Waals surface area contributed by atoms with Crippen LogP contribution in [0, 0.1) is 11.8 Å². The molecule has 3 nitrogen and oxygen atoms in total. The van der Waals surface area contributed by atoms with Gasteiger partial charge in [-0.1, -0.05) is 26.7 Å². The lowest BCUT2D eigenvalue weighted by Crippen LogP contribution is -2.63. The fourth-order valence-corrected chi connectivity index (χ4v) is 5.65. The van der Waals surface area contributed by atoms with Crippen LogP contribution in [-0.4, -0.2) is 78.0 Å². The monoisotopic (exact) mass is 399 g/mol. The first-order valence-corrected chi connectivity index (χ1v) is 11.9. The summed E-state index contributed by atoms with van der Waals surface area (Å²) in [5, 5.41) is 0. The second-order valence-corrected chi connectivity index (χ2v) is 10.3. The predicted molar refractivity (Wildman–Crippen MR) is 113 cm³/mol. The molecule has 3 fully saturated rings. The minimum atomic E-state index is -2.58. The fraction of sp³-hybridized carbons (Fsp3) is 1.00. The van der Waals surface area contributed by atoms with Crippen molar-refractivity contribution in [2.24, 2.45) is 11.8 Å². The summed E-state index contributed by atoms with van der Waals surface area (Å²) in [5.74, 6) is -0.973. The van der Waals surface area contributed by atoms with Crippen LogP contribution in [0.25, 0.3) is 0 Å². The summed E-state index contributed by atoms with van der Waals surface area (Å²) in [5.41, 5.74) is 0. The summed E-state index contributed by atoms with van der Waals surface area (Å²) in [6.07, 6.45) is 7.98. The summed E-state index contributed by atoms with van der Waals surface area (Å²) in [6.45, 7) is 13.2. The predicted octanol–water partition coefficient (Wildman–Crippen LogP) is 4.72. The third kappa shape index (κ3) is 5.66. The summed E-state index contributed by atoms with van der Waals surface area (Å²) in [4.78, 5) is 6.63. The second kappa shape index (κ2) is 9.70. The van der Waals surface area contributed by atoms with Crippen molar-refractivity contribution in [1.82, 2.24) is 14.7 Å². The van der Waals surface area contributed by atoms with E-state index in [1.54, 1.807) is 0 Å². The molecule has 0 aromatic rings. The highest BCUT2D eigenvalue weighted by Crippen LogP contribution is 2.37. The molecule has 28 heavy (non-hydrogen) atoms. The third-order valence-corrected chi connectivity index (χ3v) is 7.60. The number of piperidine rings is 1. The fourth-order valence-electron chi connectivity index (χ4n) is 5.65. The molecule has 0 aromatic carbocycles. The molecule has 3 aliphatic rings. The maximum atomic E-state index is 15.1. The van der Waals surface area contributed by atoms with Crippen molar-refractivity contribution >= 4 is 0 Å². The highest BCUT2D eigenvalue weighted by molar-refractivity contribution is 4.97. The second-order valence-electron chi connectivity index (χ2n) is 10.3. The lowest BCUT2D eigenvalue weighted by Gasteiger charge is -2.49. The first-order valence-electron chi connectivity index (χ1n) is 11.9. The van der Waals surface area contributed by atoms with E-state index >= 15 is 8.78 Å². The van der Waals surface area contributed by atoms with Crippen LogP contribution in [-0.2, 0) is 0 Å². The molecule has 1 aliphatic carbocycles. The Labute approximate surface area is 171 Å². The minimum Gasteiger partial charge on any atom is -0.298 e. The van der Waals surface area contributed by atoms with Crippen molar-refractivity contribution in [2.45, 2.75) is 96.7 Å². The first kappa shape index (κ1) is 22.4. The molecular weight excluding hydrogens is 356 g/mol. The Morgan fingerprint density at radius 2 is 1.46 bits per heavy atom. The Morgan fingerprint density at radius 3 is 2.00 bits per heavy atom. The maximum absolute atomic E-state index is 15.1. The zero-order valence-electron chi connectivity index (χ0n) is 18.7. The quantitative estimate of drug-likeness (QED) is 0.640. The van der Waals surface area contributed by atoms with Gasteiger partial charge in [-0.25, -0.2) is 8.78 Å². The molecule has 5 heteroatoms. The zero-order chi connectivity index (χ0) is 20.3. The summed E-state index contributed by atoms with van der Waals surface area (Å²) >= 11 is 0. The van der Waals surface area contributed by atoms with Crippen LogP contribution >= 0.6 is 0 Å². The van der Waals surface area contributed by atoms with Crippen molar-refractivity contribution in [2.75, 3.05) is 39.3 Å². The molecule has 0 amide bonds. The molecule has 3 rings (SSSR count). The van der Waals surface area contributed by atoms with Gasteiger partial charge in [-0.15, -0.1) is 0 Å². The molecule has 2 heterocycles. The summed E-state index contributed by atoms with van der Waals surface area (Å²) in [6, 6.07) is 0.348. The van der Waals surface area contributed by atoms with Gasteiger partial charge in [0.05, 0.1) is 12.6 Å². The molecule has 0 radical (unpaired) electrons. The van der Waals surface area contributed by atoms with Crippen molar-refractivity contribution in [3.8, 4) is 0 Å². The molecule has 164 valence electrons. The average Bonchev–Trinajstić information content (AvgIpc) is 2.66. The average molecular weight is 400 g/mol. The van der Waals surface area contributed by atoms with Crippen LogP contribution < -0.4 is 0 Å². The van der Waals surface area contributed by atoms with Gasteiger partial charge < -0.3 is 0 Å². The number of alkyl halides is 2. The van der Waals surface area contributed by atoms with E-state index in [0.717, 1.165) is 57.4 Å². The topological polar surface area (TPSA) is 9.72 Å². The molecule has 1 unspecified atom stereocenters. The SMILES string of the molecule is CC(C)CCC1CCC(N2CCC(N3CCN(C(C)C)CC3)C(F)(F)C2)CC1. The van der Waals surface area contributed by atoms with Crippen LogP contribution in [0.4, 0.5) is 8.78 Å². The van der Waals surface area contributed by atoms with Crippen LogP contribution in [0.3, 0.4) is 0 Å². The smallest absolute Gasteiger partial charge is 0.275 e. The highest BCUT2D eigenvalue weighted by Gasteiger charge is 2.49. The van der Waals surface area contributed by atoms with Crippen molar-refractivity contribution in [3.63, 3.8) is 0 Å². The van der Waals surface area contributed by atoms with Gasteiger partial charge in [0, 0.05) is 44.8 Å². The molecule has 0 spiro atoms. The van der Waals surface area contributed by atoms with Crippen molar-refractivity contribution in [1.29, 1.82) is 0 Å². The van der Waals surface area contributed by atoms with E-state index in [0.29, 0.717) is 18.5 Å². The van der Waals surface area contributed by atoms with Gasteiger partial charge in [-0.2, -0.15) is 0 Å². The number of piperazine rings is 1. The van der Waals surface area contributed by atoms with E-state index in [1.165, 1.54) is 25.7 Å². The van der Waals surface area contributed by atoms with Crippen LogP contribution in [0.1, 0.15) is 72.6 Å². The van der Waals surface area contributed by atoms with E-state index in [2.05, 4.69) is 42.4 Å². The van der Waals surface area contributed by atoms with E-state index in [1.807, 2.05) is 0 Å². The molecular formula is C23H43F2N3. The standard InChI is InChI=1S/C23H43F2N3/c1-18(2)5-6-20-7-9-21(10-8-20)28-12-11-22(23(24,25)17-28)27-15-13-26(14-16-27)19(3)4/h18-22H,5-17H2,1-4H3. The maximum Gasteiger partial charge on any atom is 0.275 e. The Kier molecular flexibility index (Phi) is 7.77. The van der Waals surface area contributed by atoms with Gasteiger partial charge in [-0.05, 0) is 57.8 Å². The van der Waals surface area contributed by atoms with Gasteiger partial charge in [0.25, 0.3) is 5.92 Å². The van der Waals surface area contributed by atoms with E-state index in [-0.39, 0.29) is 6.54 Å². The van der Waals surface area contributed by atoms with Gasteiger partial charge in [0.2, 0.25) is 0 Å². The largest absolute Gasteiger partial charge is 0.298 e. The van der Waals surface area contributed by atoms with Crippen molar-refractivity contribution in [3.05, 3.63) is 0 Å². The van der Waals surface area contributed by atoms with Gasteiger partial charge in [-0.3, -0.25) is 14.7 Å². The highest BCUT2D eigenvalue weighted by atomic mass is 19.3. The number of hydrogen-bond acceptors (Lipinski definition) is 3. The third-order valence-electron chi connectivity index (χ3n) is 7.60. The normalized spacial score (nSPS) is 33.6. The lowest BCUT2D eigenvalue weighted by atomic mass is 9.81. The number of rotatable bonds is 6. The number of likely N-dealkylation sites (tertiary alicyclic amines) is 1. The molecule has 1 saturated carbocycles. The molecule has 0 aromatic heterocycles. The van der Waals surface area contributed by atoms with E-state index in [9.17, 15) is 0 Å². The number of nitrogens with zero attached hydrogens (tertiary/aromatic N) is 3. The van der Waals surface area contributed by atoms with Crippen molar-refractivity contribution < 1.29 is 8.78 Å². The van der Waals surface area contributed by atoms with Gasteiger partial charge in [0.15, 0.2) is 0 Å². The summed E-state index contributed by atoms with van der Waals surface area (Å²) < 4.78 is 30.2. The molecule has 0 N–H and O–H groups in total. The van der Waals surface area contributed by atoms with Gasteiger partial charge >= 0.3 is 0 Å². The van der Waals surface area contributed by atoms with E-state index in [4.69, 9.17) is 0 Å². The minimum absolute atomic E-state index is 0.0244. The molecule has 0 bridgehead atoms. The summed E-state index contributed by atoms with van der Waals surface area (Å²) in [7, 11) is 0. The zero-order valence-corrected chi connectivity index (χ0v) is 18.7. The van der Waals surface area contributed by atoms with Gasteiger partial charge in [0.1, 0.15) is 0 Å². The van der Waals surface area contributed by atoms with Crippen LogP contribution in [0.5, 0.6) is 0 Å². The molecule has 1 atom stereocenters. The Bertz CT molecular complexity index is 466. The molecule has 2 aliphatic heterocycles. The molecule has 2 saturated heterocycles. The lowest BCUT2D eigenvalue weighted by molar-refractivity contribution is -0.143. The first-order chi connectivity index (χ1) is 13.3. The Hall–Kier alpha value is -0.260. The van der Waals surface area contributed by atoms with Crippen LogP contribution in [0.15, 0.2) is 0 Å². The Morgan fingerprint density at radius 1 is 0.821 bits per heavy atom. The van der Waals surface area contributed by atoms with Crippen LogP contribution in [0.2, 0.25) is 0 Å².